The van der Waals surface area contributed by atoms with Gasteiger partial charge in [0.05, 0.1) is 17.8 Å². The van der Waals surface area contributed by atoms with Gasteiger partial charge in [0.25, 0.3) is 5.56 Å². The fourth-order valence-electron chi connectivity index (χ4n) is 5.12. The summed E-state index contributed by atoms with van der Waals surface area (Å²) in [6.45, 7) is 2.02. The van der Waals surface area contributed by atoms with E-state index in [2.05, 4.69) is 43.5 Å². The van der Waals surface area contributed by atoms with Crippen LogP contribution in [0.15, 0.2) is 90.4 Å². The summed E-state index contributed by atoms with van der Waals surface area (Å²) in [4.78, 5) is 35.0. The largest absolute Gasteiger partial charge is 0.360 e. The van der Waals surface area contributed by atoms with Crippen LogP contribution in [-0.2, 0) is 0 Å². The molecule has 1 saturated carbocycles. The van der Waals surface area contributed by atoms with Crippen LogP contribution in [0.3, 0.4) is 0 Å². The van der Waals surface area contributed by atoms with Crippen molar-refractivity contribution < 1.29 is 0 Å². The van der Waals surface area contributed by atoms with Crippen molar-refractivity contribution in [3.63, 3.8) is 0 Å². The lowest BCUT2D eigenvalue weighted by molar-refractivity contribution is 0.774. The van der Waals surface area contributed by atoms with Crippen LogP contribution in [0, 0.1) is 0 Å². The van der Waals surface area contributed by atoms with Crippen LogP contribution in [0.5, 0.6) is 0 Å². The molecule has 4 heterocycles. The van der Waals surface area contributed by atoms with Crippen LogP contribution in [0.2, 0.25) is 0 Å². The van der Waals surface area contributed by atoms with Gasteiger partial charge in [-0.1, -0.05) is 42.5 Å². The fourth-order valence-corrected chi connectivity index (χ4v) is 5.12. The fraction of sp³-hybridized carbons (Fsp3) is 0.167. The van der Waals surface area contributed by atoms with E-state index in [9.17, 15) is 4.79 Å². The number of H-pyrrole nitrogens is 1. The van der Waals surface area contributed by atoms with E-state index in [-0.39, 0.29) is 11.6 Å². The SMILES string of the molecule is C[C@H](Nc1ncnc2nc[nH]c12)c1cc2cccc(-c3ccc(C4CC4)nc3)c2c(=O)n1-c1ccccc1. The maximum absolute atomic E-state index is 14.3. The molecule has 38 heavy (non-hydrogen) atoms. The first kappa shape index (κ1) is 22.4. The monoisotopic (exact) mass is 499 g/mol. The minimum atomic E-state index is -0.253. The maximum Gasteiger partial charge on any atom is 0.263 e. The van der Waals surface area contributed by atoms with Crippen LogP contribution in [0.4, 0.5) is 5.82 Å². The molecule has 8 heteroatoms. The van der Waals surface area contributed by atoms with E-state index in [0.29, 0.717) is 22.8 Å². The number of aromatic nitrogens is 6. The predicted octanol–water partition coefficient (Wildman–Crippen LogP) is 5.77. The second kappa shape index (κ2) is 8.92. The number of hydrogen-bond acceptors (Lipinski definition) is 6. The Kier molecular flexibility index (Phi) is 5.25. The number of pyridine rings is 2. The number of nitrogens with zero attached hydrogens (tertiary/aromatic N) is 5. The molecule has 1 aliphatic carbocycles. The molecule has 1 aliphatic rings. The van der Waals surface area contributed by atoms with Gasteiger partial charge in [-0.05, 0) is 55.0 Å². The second-order valence-electron chi connectivity index (χ2n) is 9.75. The molecule has 7 rings (SSSR count). The van der Waals surface area contributed by atoms with Crippen molar-refractivity contribution in [2.45, 2.75) is 31.7 Å². The highest BCUT2D eigenvalue weighted by molar-refractivity contribution is 5.96. The summed E-state index contributed by atoms with van der Waals surface area (Å²) in [6.07, 6.45) is 7.39. The van der Waals surface area contributed by atoms with Crippen molar-refractivity contribution in [2.24, 2.45) is 0 Å². The number of aromatic amines is 1. The first-order valence-electron chi connectivity index (χ1n) is 12.8. The average molecular weight is 500 g/mol. The van der Waals surface area contributed by atoms with Gasteiger partial charge in [0.15, 0.2) is 11.5 Å². The van der Waals surface area contributed by atoms with Crippen LogP contribution in [-0.4, -0.2) is 29.5 Å². The number of para-hydroxylation sites is 1. The van der Waals surface area contributed by atoms with Gasteiger partial charge < -0.3 is 10.3 Å². The summed E-state index contributed by atoms with van der Waals surface area (Å²) >= 11 is 0. The molecule has 0 bridgehead atoms. The molecule has 2 aromatic carbocycles. The quantitative estimate of drug-likeness (QED) is 0.302. The Morgan fingerprint density at radius 3 is 2.63 bits per heavy atom. The zero-order valence-electron chi connectivity index (χ0n) is 20.8. The summed E-state index contributed by atoms with van der Waals surface area (Å²) < 4.78 is 1.79. The molecule has 0 radical (unpaired) electrons. The minimum absolute atomic E-state index is 0.0754. The molecule has 0 amide bonds. The van der Waals surface area contributed by atoms with E-state index in [1.807, 2.05) is 61.7 Å². The van der Waals surface area contributed by atoms with Crippen LogP contribution in [0.25, 0.3) is 38.8 Å². The molecule has 4 aromatic heterocycles. The van der Waals surface area contributed by atoms with Gasteiger partial charge in [0.1, 0.15) is 11.8 Å². The average Bonchev–Trinajstić information content (AvgIpc) is 3.69. The Bertz CT molecular complexity index is 1840. The molecule has 1 atom stereocenters. The minimum Gasteiger partial charge on any atom is -0.360 e. The van der Waals surface area contributed by atoms with Gasteiger partial charge in [-0.25, -0.2) is 15.0 Å². The number of imidazole rings is 1. The van der Waals surface area contributed by atoms with Gasteiger partial charge in [-0.2, -0.15) is 0 Å². The number of benzene rings is 2. The van der Waals surface area contributed by atoms with Gasteiger partial charge in [-0.15, -0.1) is 0 Å². The standard InChI is InChI=1S/C30H25N7O/c1-18(36-29-27-28(33-16-32-27)34-17-35-29)25-14-20-6-5-9-23(21-12-13-24(31-15-21)19-10-11-19)26(20)30(38)37(25)22-7-3-2-4-8-22/h2-9,12-19H,10-11H2,1H3,(H2,32,33,34,35,36)/t18-/m0/s1. The van der Waals surface area contributed by atoms with Crippen molar-refractivity contribution in [3.8, 4) is 16.8 Å². The van der Waals surface area contributed by atoms with Crippen molar-refractivity contribution >= 4 is 27.8 Å². The first-order valence-corrected chi connectivity index (χ1v) is 12.8. The number of nitrogens with one attached hydrogen (secondary N) is 2. The van der Waals surface area contributed by atoms with Crippen LogP contribution < -0.4 is 10.9 Å². The highest BCUT2D eigenvalue weighted by atomic mass is 16.1. The highest BCUT2D eigenvalue weighted by Crippen LogP contribution is 2.39. The second-order valence-corrected chi connectivity index (χ2v) is 9.75. The van der Waals surface area contributed by atoms with E-state index < -0.39 is 0 Å². The molecule has 0 unspecified atom stereocenters. The molecule has 2 N–H and O–H groups in total. The lowest BCUT2D eigenvalue weighted by Crippen LogP contribution is -2.26. The summed E-state index contributed by atoms with van der Waals surface area (Å²) in [6, 6.07) is 21.8. The summed E-state index contributed by atoms with van der Waals surface area (Å²) in [7, 11) is 0. The topological polar surface area (TPSA) is 101 Å². The Labute approximate surface area is 218 Å². The van der Waals surface area contributed by atoms with E-state index in [1.54, 1.807) is 10.9 Å². The molecule has 0 aliphatic heterocycles. The summed E-state index contributed by atoms with van der Waals surface area (Å²) in [5, 5.41) is 5.02. The van der Waals surface area contributed by atoms with Crippen molar-refractivity contribution in [2.75, 3.05) is 5.32 Å². The third-order valence-electron chi connectivity index (χ3n) is 7.20. The molecule has 8 nitrogen and oxygen atoms in total. The van der Waals surface area contributed by atoms with Gasteiger partial charge in [-0.3, -0.25) is 14.3 Å². The summed E-state index contributed by atoms with van der Waals surface area (Å²) in [5.74, 6) is 1.21. The van der Waals surface area contributed by atoms with Crippen molar-refractivity contribution in [1.82, 2.24) is 29.5 Å². The molecule has 1 fully saturated rings. The number of hydrogen-bond donors (Lipinski definition) is 2. The number of rotatable bonds is 6. The zero-order valence-corrected chi connectivity index (χ0v) is 20.8. The lowest BCUT2D eigenvalue weighted by Gasteiger charge is -2.22. The first-order chi connectivity index (χ1) is 18.7. The maximum atomic E-state index is 14.3. The van der Waals surface area contributed by atoms with E-state index in [1.165, 1.54) is 19.2 Å². The Morgan fingerprint density at radius 1 is 0.974 bits per heavy atom. The molecule has 0 spiro atoms. The molecule has 6 aromatic rings. The van der Waals surface area contributed by atoms with E-state index >= 15 is 0 Å². The Hall–Kier alpha value is -4.85. The third kappa shape index (κ3) is 3.82. The normalized spacial score (nSPS) is 14.1. The highest BCUT2D eigenvalue weighted by Gasteiger charge is 2.25. The van der Waals surface area contributed by atoms with Crippen LogP contribution in [0.1, 0.15) is 43.1 Å². The zero-order chi connectivity index (χ0) is 25.6. The molecular formula is C30H25N7O. The van der Waals surface area contributed by atoms with Gasteiger partial charge >= 0.3 is 0 Å². The predicted molar refractivity (Wildman–Crippen MR) is 148 cm³/mol. The molecule has 0 saturated heterocycles. The lowest BCUT2D eigenvalue weighted by atomic mass is 9.98. The third-order valence-corrected chi connectivity index (χ3v) is 7.20. The van der Waals surface area contributed by atoms with E-state index in [0.717, 1.165) is 39.1 Å². The Balaban J connectivity index is 1.40. The number of anilines is 1. The van der Waals surface area contributed by atoms with Gasteiger partial charge in [0.2, 0.25) is 0 Å². The Morgan fingerprint density at radius 2 is 1.84 bits per heavy atom. The van der Waals surface area contributed by atoms with E-state index in [4.69, 9.17) is 4.98 Å². The van der Waals surface area contributed by atoms with Gasteiger partial charge in [0, 0.05) is 34.8 Å². The molecular weight excluding hydrogens is 474 g/mol. The number of fused-ring (bicyclic) bond motifs is 2. The van der Waals surface area contributed by atoms with Crippen molar-refractivity contribution in [1.29, 1.82) is 0 Å². The smallest absolute Gasteiger partial charge is 0.263 e. The molecule has 186 valence electrons. The van der Waals surface area contributed by atoms with Crippen LogP contribution >= 0.6 is 0 Å². The summed E-state index contributed by atoms with van der Waals surface area (Å²) in [5.41, 5.74) is 5.81. The van der Waals surface area contributed by atoms with Crippen molar-refractivity contribution in [3.05, 3.63) is 107 Å².